The van der Waals surface area contributed by atoms with E-state index in [0.29, 0.717) is 39.3 Å². The molecule has 2 saturated heterocycles. The van der Waals surface area contributed by atoms with Gasteiger partial charge in [-0.25, -0.2) is 9.97 Å². The summed E-state index contributed by atoms with van der Waals surface area (Å²) in [6, 6.07) is 4.97. The average molecular weight is 543 g/mol. The molecule has 36 heavy (non-hydrogen) atoms. The predicted octanol–water partition coefficient (Wildman–Crippen LogP) is 6.44. The first-order valence-corrected chi connectivity index (χ1v) is 12.9. The number of aromatic nitrogens is 2. The summed E-state index contributed by atoms with van der Waals surface area (Å²) >= 11 is 12.3. The number of rotatable bonds is 7. The van der Waals surface area contributed by atoms with Gasteiger partial charge in [0.05, 0.1) is 12.2 Å². The maximum atomic E-state index is 13.4. The molecular weight excluding hydrogens is 512 g/mol. The molecule has 2 aliphatic heterocycles. The molecule has 1 aromatic heterocycles. The van der Waals surface area contributed by atoms with E-state index in [4.69, 9.17) is 28.6 Å². The van der Waals surface area contributed by atoms with E-state index < -0.39 is 23.6 Å². The summed E-state index contributed by atoms with van der Waals surface area (Å²) in [5, 5.41) is 11.5. The molecule has 1 aromatic carbocycles. The van der Waals surface area contributed by atoms with Crippen molar-refractivity contribution in [3.8, 4) is 0 Å². The number of hydrogen-bond acceptors (Lipinski definition) is 6. The lowest BCUT2D eigenvalue weighted by atomic mass is 9.80. The van der Waals surface area contributed by atoms with Gasteiger partial charge in [-0.1, -0.05) is 29.3 Å². The third-order valence-electron chi connectivity index (χ3n) is 7.18. The first-order chi connectivity index (χ1) is 16.9. The Balaban J connectivity index is 1.53. The van der Waals surface area contributed by atoms with Crippen molar-refractivity contribution in [1.82, 2.24) is 14.9 Å². The Kier molecular flexibility index (Phi) is 8.02. The van der Waals surface area contributed by atoms with Gasteiger partial charge in [0.25, 0.3) is 0 Å². The zero-order valence-corrected chi connectivity index (χ0v) is 22.1. The van der Waals surface area contributed by atoms with E-state index >= 15 is 0 Å². The largest absolute Gasteiger partial charge is 0.434 e. The van der Waals surface area contributed by atoms with E-state index in [1.165, 1.54) is 19.0 Å². The van der Waals surface area contributed by atoms with Crippen molar-refractivity contribution in [2.45, 2.75) is 51.9 Å². The first-order valence-electron chi connectivity index (χ1n) is 12.2. The van der Waals surface area contributed by atoms with E-state index in [1.807, 2.05) is 4.90 Å². The number of hydrogen-bond donors (Lipinski definition) is 2. The standard InChI is InChI=1S/C25H31Cl2F3N6/c1-14(2)35-8-4-5-16(11-35)17-12-36(13-17)21-10-32-22(23(31)25(28,29)30)24(34-21)33-15(3)19-7-6-18(26)9-20(19)27/h6-7,9-10,14-17,31H,4-5,8,11-13H2,1-3H3,(H,33,34). The summed E-state index contributed by atoms with van der Waals surface area (Å²) in [4.78, 5) is 13.1. The summed E-state index contributed by atoms with van der Waals surface area (Å²) < 4.78 is 40.2. The summed E-state index contributed by atoms with van der Waals surface area (Å²) in [5.41, 5.74) is -1.44. The first kappa shape index (κ1) is 26.9. The molecule has 2 aliphatic rings. The zero-order valence-electron chi connectivity index (χ0n) is 20.5. The highest BCUT2D eigenvalue weighted by atomic mass is 35.5. The van der Waals surface area contributed by atoms with Gasteiger partial charge < -0.3 is 15.1 Å². The highest BCUT2D eigenvalue weighted by molar-refractivity contribution is 6.35. The second-order valence-corrected chi connectivity index (χ2v) is 10.8. The molecule has 2 aromatic rings. The number of piperidine rings is 1. The van der Waals surface area contributed by atoms with Crippen LogP contribution in [-0.4, -0.2) is 59.0 Å². The fourth-order valence-electron chi connectivity index (χ4n) is 4.98. The van der Waals surface area contributed by atoms with Crippen LogP contribution in [0.25, 0.3) is 0 Å². The molecule has 2 fully saturated rings. The molecule has 0 saturated carbocycles. The third-order valence-corrected chi connectivity index (χ3v) is 7.74. The van der Waals surface area contributed by atoms with Crippen LogP contribution in [-0.2, 0) is 0 Å². The normalized spacial score (nSPS) is 20.4. The Labute approximate surface area is 219 Å². The van der Waals surface area contributed by atoms with Crippen molar-refractivity contribution in [3.05, 3.63) is 45.7 Å². The Morgan fingerprint density at radius 3 is 2.50 bits per heavy atom. The fourth-order valence-corrected chi connectivity index (χ4v) is 5.55. The van der Waals surface area contributed by atoms with Gasteiger partial charge in [0, 0.05) is 35.7 Å². The van der Waals surface area contributed by atoms with E-state index in [9.17, 15) is 13.2 Å². The summed E-state index contributed by atoms with van der Waals surface area (Å²) in [6.45, 7) is 9.99. The minimum atomic E-state index is -4.85. The zero-order chi connectivity index (χ0) is 26.2. The van der Waals surface area contributed by atoms with E-state index in [2.05, 4.69) is 34.0 Å². The Morgan fingerprint density at radius 1 is 1.14 bits per heavy atom. The molecular formula is C25H31Cl2F3N6. The molecule has 2 unspecified atom stereocenters. The highest BCUT2D eigenvalue weighted by Crippen LogP contribution is 2.36. The lowest BCUT2D eigenvalue weighted by Crippen LogP contribution is -2.54. The highest BCUT2D eigenvalue weighted by Gasteiger charge is 2.40. The second kappa shape index (κ2) is 10.7. The Hall–Kier alpha value is -2.10. The molecule has 2 atom stereocenters. The summed E-state index contributed by atoms with van der Waals surface area (Å²) in [7, 11) is 0. The van der Waals surface area contributed by atoms with Crippen LogP contribution in [0.1, 0.15) is 50.9 Å². The predicted molar refractivity (Wildman–Crippen MR) is 139 cm³/mol. The van der Waals surface area contributed by atoms with E-state index in [1.54, 1.807) is 25.1 Å². The number of nitrogens with one attached hydrogen (secondary N) is 2. The van der Waals surface area contributed by atoms with Crippen LogP contribution >= 0.6 is 23.2 Å². The van der Waals surface area contributed by atoms with Crippen molar-refractivity contribution in [2.75, 3.05) is 36.4 Å². The van der Waals surface area contributed by atoms with Crippen LogP contribution in [0.15, 0.2) is 24.4 Å². The molecule has 11 heteroatoms. The topological polar surface area (TPSA) is 68.1 Å². The van der Waals surface area contributed by atoms with Gasteiger partial charge in [-0.05, 0) is 69.7 Å². The van der Waals surface area contributed by atoms with Gasteiger partial charge in [0.15, 0.2) is 11.5 Å². The van der Waals surface area contributed by atoms with E-state index in [-0.39, 0.29) is 5.82 Å². The molecule has 196 valence electrons. The van der Waals surface area contributed by atoms with Gasteiger partial charge in [-0.3, -0.25) is 5.41 Å². The SMILES string of the molecule is CC(Nc1nc(N2CC(C3CCCN(C(C)C)C3)C2)cnc1C(=N)C(F)(F)F)c1ccc(Cl)cc1Cl. The van der Waals surface area contributed by atoms with Gasteiger partial charge in [-0.2, -0.15) is 13.2 Å². The van der Waals surface area contributed by atoms with Crippen LogP contribution in [0.5, 0.6) is 0 Å². The molecule has 2 N–H and O–H groups in total. The Bertz CT molecular complexity index is 1100. The van der Waals surface area contributed by atoms with Crippen LogP contribution in [0, 0.1) is 17.2 Å². The average Bonchev–Trinajstić information content (AvgIpc) is 2.77. The van der Waals surface area contributed by atoms with E-state index in [0.717, 1.165) is 26.2 Å². The molecule has 0 aliphatic carbocycles. The van der Waals surface area contributed by atoms with Crippen molar-refractivity contribution >= 4 is 40.5 Å². The lowest BCUT2D eigenvalue weighted by molar-refractivity contribution is -0.0589. The maximum absolute atomic E-state index is 13.4. The van der Waals surface area contributed by atoms with Gasteiger partial charge in [0.2, 0.25) is 0 Å². The fraction of sp³-hybridized carbons (Fsp3) is 0.560. The summed E-state index contributed by atoms with van der Waals surface area (Å²) in [6.07, 6.45) is -1.13. The van der Waals surface area contributed by atoms with Gasteiger partial charge in [-0.15, -0.1) is 0 Å². The van der Waals surface area contributed by atoms with Gasteiger partial charge in [0.1, 0.15) is 11.5 Å². The quantitative estimate of drug-likeness (QED) is 0.394. The maximum Gasteiger partial charge on any atom is 0.434 e. The molecule has 0 amide bonds. The smallest absolute Gasteiger partial charge is 0.362 e. The van der Waals surface area contributed by atoms with Crippen LogP contribution < -0.4 is 10.2 Å². The second-order valence-electron chi connectivity index (χ2n) is 9.99. The summed E-state index contributed by atoms with van der Waals surface area (Å²) in [5.74, 6) is 1.52. The molecule has 0 radical (unpaired) electrons. The van der Waals surface area contributed by atoms with Gasteiger partial charge >= 0.3 is 6.18 Å². The molecule has 0 bridgehead atoms. The molecule has 4 rings (SSSR count). The third kappa shape index (κ3) is 5.89. The number of nitrogens with zero attached hydrogens (tertiary/aromatic N) is 4. The Morgan fingerprint density at radius 2 is 1.86 bits per heavy atom. The van der Waals surface area contributed by atoms with Crippen LogP contribution in [0.4, 0.5) is 24.8 Å². The monoisotopic (exact) mass is 542 g/mol. The number of anilines is 2. The van der Waals surface area contributed by atoms with Crippen LogP contribution in [0.3, 0.4) is 0 Å². The molecule has 3 heterocycles. The number of benzene rings is 1. The van der Waals surface area contributed by atoms with Crippen molar-refractivity contribution in [2.24, 2.45) is 11.8 Å². The number of halogens is 5. The minimum Gasteiger partial charge on any atom is -0.362 e. The lowest BCUT2D eigenvalue weighted by Gasteiger charge is -2.47. The minimum absolute atomic E-state index is 0.0968. The molecule has 6 nitrogen and oxygen atoms in total. The number of likely N-dealkylation sites (tertiary alicyclic amines) is 1. The van der Waals surface area contributed by atoms with Crippen molar-refractivity contribution < 1.29 is 13.2 Å². The molecule has 0 spiro atoms. The van der Waals surface area contributed by atoms with Crippen molar-refractivity contribution in [3.63, 3.8) is 0 Å². The van der Waals surface area contributed by atoms with Crippen molar-refractivity contribution in [1.29, 1.82) is 5.41 Å². The number of alkyl halides is 3. The van der Waals surface area contributed by atoms with Crippen LogP contribution in [0.2, 0.25) is 10.0 Å².